The second kappa shape index (κ2) is 7.41. The number of carbonyl (C=O) groups is 1. The molecule has 0 aliphatic heterocycles. The number of nitrogens with one attached hydrogen (secondary N) is 1. The summed E-state index contributed by atoms with van der Waals surface area (Å²) in [6.07, 6.45) is -0.0440. The van der Waals surface area contributed by atoms with Gasteiger partial charge in [-0.1, -0.05) is 32.0 Å². The van der Waals surface area contributed by atoms with Gasteiger partial charge in [-0.05, 0) is 18.1 Å². The molecule has 0 saturated heterocycles. The molecule has 1 rings (SSSR count). The van der Waals surface area contributed by atoms with E-state index < -0.39 is 6.09 Å². The molecule has 3 N–H and O–H groups in total. The van der Waals surface area contributed by atoms with Gasteiger partial charge in [-0.3, -0.25) is 5.41 Å². The molecular weight excluding hydrogens is 242 g/mol. The van der Waals surface area contributed by atoms with Gasteiger partial charge in [-0.15, -0.1) is 0 Å². The number of rotatable bonds is 6. The molecule has 104 valence electrons. The SMILES string of the molecule is CC(C)CN(CCC(=N)N)C(=O)Oc1ccccc1. The first-order valence-electron chi connectivity index (χ1n) is 6.33. The van der Waals surface area contributed by atoms with E-state index in [-0.39, 0.29) is 5.84 Å². The molecule has 0 fully saturated rings. The number of amides is 1. The Balaban J connectivity index is 2.62. The van der Waals surface area contributed by atoms with Gasteiger partial charge in [0.1, 0.15) is 5.75 Å². The van der Waals surface area contributed by atoms with Crippen LogP contribution in [0, 0.1) is 11.3 Å². The van der Waals surface area contributed by atoms with Crippen LogP contribution in [-0.4, -0.2) is 29.9 Å². The predicted octanol–water partition coefficient (Wildman–Crippen LogP) is 2.47. The first kappa shape index (κ1) is 15.0. The monoisotopic (exact) mass is 263 g/mol. The lowest BCUT2D eigenvalue weighted by molar-refractivity contribution is 0.147. The van der Waals surface area contributed by atoms with Crippen molar-refractivity contribution in [2.24, 2.45) is 11.7 Å². The van der Waals surface area contributed by atoms with Crippen molar-refractivity contribution in [3.8, 4) is 5.75 Å². The fraction of sp³-hybridized carbons (Fsp3) is 0.429. The quantitative estimate of drug-likeness (QED) is 0.611. The summed E-state index contributed by atoms with van der Waals surface area (Å²) < 4.78 is 5.29. The number of hydrogen-bond donors (Lipinski definition) is 2. The van der Waals surface area contributed by atoms with Crippen molar-refractivity contribution in [2.45, 2.75) is 20.3 Å². The minimum atomic E-state index is -0.402. The Kier molecular flexibility index (Phi) is 5.85. The van der Waals surface area contributed by atoms with Crippen molar-refractivity contribution in [3.63, 3.8) is 0 Å². The van der Waals surface area contributed by atoms with E-state index in [4.69, 9.17) is 15.9 Å². The summed E-state index contributed by atoms with van der Waals surface area (Å²) in [5, 5.41) is 7.23. The van der Waals surface area contributed by atoms with Gasteiger partial charge in [0.15, 0.2) is 0 Å². The minimum absolute atomic E-state index is 0.0706. The summed E-state index contributed by atoms with van der Waals surface area (Å²) in [7, 11) is 0. The highest BCUT2D eigenvalue weighted by Gasteiger charge is 2.17. The Labute approximate surface area is 113 Å². The number of ether oxygens (including phenoxy) is 1. The maximum Gasteiger partial charge on any atom is 0.415 e. The van der Waals surface area contributed by atoms with E-state index in [1.54, 1.807) is 17.0 Å². The standard InChI is InChI=1S/C14H21N3O2/c1-11(2)10-17(9-8-13(15)16)14(18)19-12-6-4-3-5-7-12/h3-7,11H,8-10H2,1-2H3,(H3,15,16). The summed E-state index contributed by atoms with van der Waals surface area (Å²) in [5.41, 5.74) is 5.33. The summed E-state index contributed by atoms with van der Waals surface area (Å²) in [5.74, 6) is 0.917. The van der Waals surface area contributed by atoms with Gasteiger partial charge >= 0.3 is 6.09 Å². The van der Waals surface area contributed by atoms with Gasteiger partial charge < -0.3 is 15.4 Å². The molecule has 0 heterocycles. The molecule has 1 aromatic rings. The second-order valence-electron chi connectivity index (χ2n) is 4.80. The van der Waals surface area contributed by atoms with Crippen LogP contribution in [0.3, 0.4) is 0 Å². The van der Waals surface area contributed by atoms with Crippen LogP contribution in [0.2, 0.25) is 0 Å². The van der Waals surface area contributed by atoms with Crippen LogP contribution in [0.15, 0.2) is 30.3 Å². The third kappa shape index (κ3) is 5.90. The molecule has 0 aromatic heterocycles. The number of carbonyl (C=O) groups excluding carboxylic acids is 1. The second-order valence-corrected chi connectivity index (χ2v) is 4.80. The van der Waals surface area contributed by atoms with Crippen LogP contribution in [-0.2, 0) is 0 Å². The lowest BCUT2D eigenvalue weighted by Gasteiger charge is -2.23. The normalized spacial score (nSPS) is 10.3. The molecule has 0 aliphatic carbocycles. The van der Waals surface area contributed by atoms with E-state index in [1.165, 1.54) is 0 Å². The first-order chi connectivity index (χ1) is 8.99. The minimum Gasteiger partial charge on any atom is -0.410 e. The average molecular weight is 263 g/mol. The zero-order valence-electron chi connectivity index (χ0n) is 11.4. The van der Waals surface area contributed by atoms with Crippen LogP contribution >= 0.6 is 0 Å². The van der Waals surface area contributed by atoms with E-state index >= 15 is 0 Å². The number of nitrogens with two attached hydrogens (primary N) is 1. The van der Waals surface area contributed by atoms with Gasteiger partial charge in [0.2, 0.25) is 0 Å². The van der Waals surface area contributed by atoms with Crippen LogP contribution < -0.4 is 10.5 Å². The van der Waals surface area contributed by atoms with Gasteiger partial charge in [-0.25, -0.2) is 4.79 Å². The largest absolute Gasteiger partial charge is 0.415 e. The van der Waals surface area contributed by atoms with Crippen LogP contribution in [0.25, 0.3) is 0 Å². The third-order valence-corrected chi connectivity index (χ3v) is 2.44. The zero-order valence-corrected chi connectivity index (χ0v) is 11.4. The highest BCUT2D eigenvalue weighted by molar-refractivity contribution is 5.78. The molecule has 1 aromatic carbocycles. The van der Waals surface area contributed by atoms with E-state index in [2.05, 4.69) is 0 Å². The van der Waals surface area contributed by atoms with Crippen LogP contribution in [0.1, 0.15) is 20.3 Å². The van der Waals surface area contributed by atoms with Gasteiger partial charge in [0.25, 0.3) is 0 Å². The predicted molar refractivity (Wildman–Crippen MR) is 75.4 cm³/mol. The topological polar surface area (TPSA) is 79.4 Å². The number of hydrogen-bond acceptors (Lipinski definition) is 3. The Morgan fingerprint density at radius 1 is 1.37 bits per heavy atom. The van der Waals surface area contributed by atoms with Crippen molar-refractivity contribution in [2.75, 3.05) is 13.1 Å². The Morgan fingerprint density at radius 3 is 2.53 bits per heavy atom. The lowest BCUT2D eigenvalue weighted by Crippen LogP contribution is -2.38. The molecular formula is C14H21N3O2. The Bertz CT molecular complexity index is 418. The molecule has 1 amide bonds. The fourth-order valence-electron chi connectivity index (χ4n) is 1.61. The highest BCUT2D eigenvalue weighted by Crippen LogP contribution is 2.11. The van der Waals surface area contributed by atoms with Crippen molar-refractivity contribution < 1.29 is 9.53 Å². The van der Waals surface area contributed by atoms with E-state index in [0.717, 1.165) is 0 Å². The van der Waals surface area contributed by atoms with Gasteiger partial charge in [0, 0.05) is 19.5 Å². The molecule has 0 unspecified atom stereocenters. The molecule has 5 heteroatoms. The maximum absolute atomic E-state index is 12.1. The molecule has 0 bridgehead atoms. The smallest absolute Gasteiger partial charge is 0.410 e. The summed E-state index contributed by atoms with van der Waals surface area (Å²) in [6, 6.07) is 8.95. The third-order valence-electron chi connectivity index (χ3n) is 2.44. The molecule has 0 atom stereocenters. The van der Waals surface area contributed by atoms with E-state index in [0.29, 0.717) is 31.2 Å². The number of para-hydroxylation sites is 1. The zero-order chi connectivity index (χ0) is 14.3. The number of amidine groups is 1. The van der Waals surface area contributed by atoms with Crippen molar-refractivity contribution in [1.82, 2.24) is 4.90 Å². The summed E-state index contributed by atoms with van der Waals surface area (Å²) >= 11 is 0. The van der Waals surface area contributed by atoms with E-state index in [1.807, 2.05) is 32.0 Å². The molecule has 5 nitrogen and oxygen atoms in total. The highest BCUT2D eigenvalue weighted by atomic mass is 16.6. The first-order valence-corrected chi connectivity index (χ1v) is 6.33. The van der Waals surface area contributed by atoms with Crippen LogP contribution in [0.5, 0.6) is 5.75 Å². The van der Waals surface area contributed by atoms with Crippen molar-refractivity contribution in [3.05, 3.63) is 30.3 Å². The van der Waals surface area contributed by atoms with Gasteiger partial charge in [0.05, 0.1) is 5.84 Å². The Hall–Kier alpha value is -2.04. The molecule has 0 aliphatic rings. The molecule has 0 spiro atoms. The fourth-order valence-corrected chi connectivity index (χ4v) is 1.61. The molecule has 0 saturated carbocycles. The lowest BCUT2D eigenvalue weighted by atomic mass is 10.2. The Morgan fingerprint density at radius 2 is 2.00 bits per heavy atom. The van der Waals surface area contributed by atoms with Crippen molar-refractivity contribution in [1.29, 1.82) is 5.41 Å². The number of nitrogens with zero attached hydrogens (tertiary/aromatic N) is 1. The molecule has 19 heavy (non-hydrogen) atoms. The number of benzene rings is 1. The summed E-state index contributed by atoms with van der Waals surface area (Å²) in [6.45, 7) is 5.03. The summed E-state index contributed by atoms with van der Waals surface area (Å²) in [4.78, 5) is 13.6. The van der Waals surface area contributed by atoms with Crippen molar-refractivity contribution >= 4 is 11.9 Å². The van der Waals surface area contributed by atoms with Gasteiger partial charge in [-0.2, -0.15) is 0 Å². The van der Waals surface area contributed by atoms with E-state index in [9.17, 15) is 4.79 Å². The average Bonchev–Trinajstić information content (AvgIpc) is 2.35. The molecule has 0 radical (unpaired) electrons. The maximum atomic E-state index is 12.1. The van der Waals surface area contributed by atoms with Crippen LogP contribution in [0.4, 0.5) is 4.79 Å².